The van der Waals surface area contributed by atoms with Gasteiger partial charge in [0.15, 0.2) is 0 Å². The number of methoxy groups -OCH3 is 2. The molecule has 2 amide bonds. The van der Waals surface area contributed by atoms with Gasteiger partial charge in [-0.2, -0.15) is 0 Å². The van der Waals surface area contributed by atoms with Gasteiger partial charge in [0, 0.05) is 13.3 Å². The molecule has 0 heterocycles. The van der Waals surface area contributed by atoms with E-state index in [0.29, 0.717) is 0 Å². The summed E-state index contributed by atoms with van der Waals surface area (Å²) in [6, 6.07) is 3.60. The van der Waals surface area contributed by atoms with Gasteiger partial charge in [0.1, 0.15) is 17.9 Å². The van der Waals surface area contributed by atoms with E-state index in [1.54, 1.807) is 13.0 Å². The highest BCUT2D eigenvalue weighted by Crippen LogP contribution is 2.12. The maximum atomic E-state index is 13.9. The van der Waals surface area contributed by atoms with Crippen molar-refractivity contribution in [1.82, 2.24) is 10.6 Å². The van der Waals surface area contributed by atoms with E-state index in [2.05, 4.69) is 20.1 Å². The Morgan fingerprint density at radius 2 is 1.61 bits per heavy atom. The Morgan fingerprint density at radius 1 is 1.00 bits per heavy atom. The van der Waals surface area contributed by atoms with Gasteiger partial charge in [-0.25, -0.2) is 9.18 Å². The Hall–Kier alpha value is -2.97. The molecule has 8 nitrogen and oxygen atoms in total. The topological polar surface area (TPSA) is 111 Å². The maximum absolute atomic E-state index is 13.9. The van der Waals surface area contributed by atoms with Crippen molar-refractivity contribution < 1.29 is 33.0 Å². The zero-order valence-corrected chi connectivity index (χ0v) is 16.3. The van der Waals surface area contributed by atoms with Gasteiger partial charge in [-0.05, 0) is 18.1 Å². The van der Waals surface area contributed by atoms with Gasteiger partial charge in [-0.1, -0.05) is 25.1 Å². The van der Waals surface area contributed by atoms with Crippen LogP contribution in [0.15, 0.2) is 24.3 Å². The lowest BCUT2D eigenvalue weighted by atomic mass is 10.00. The van der Waals surface area contributed by atoms with Gasteiger partial charge in [-0.3, -0.25) is 14.4 Å². The molecular weight excluding hydrogens is 371 g/mol. The molecule has 0 aliphatic heterocycles. The van der Waals surface area contributed by atoms with Gasteiger partial charge >= 0.3 is 11.9 Å². The molecule has 3 atom stereocenters. The summed E-state index contributed by atoms with van der Waals surface area (Å²) in [4.78, 5) is 47.8. The molecule has 28 heavy (non-hydrogen) atoms. The molecule has 0 aromatic heterocycles. The van der Waals surface area contributed by atoms with Gasteiger partial charge in [0.25, 0.3) is 0 Å². The largest absolute Gasteiger partial charge is 0.469 e. The molecule has 9 heteroatoms. The molecule has 0 bridgehead atoms. The number of ether oxygens (including phenoxy) is 2. The standard InChI is InChI=1S/C19H25FN2O6/c1-11(18(25)27-3)9-16(19(26)28-4)22-17(24)15(21-12(2)23)10-13-7-5-6-8-14(13)20/h5-8,11,15-16H,9-10H2,1-4H3,(H,21,23)(H,22,24)/t11-,15-,16+/m1/s1. The summed E-state index contributed by atoms with van der Waals surface area (Å²) in [7, 11) is 2.36. The molecule has 0 fully saturated rings. The normalized spacial score (nSPS) is 13.6. The van der Waals surface area contributed by atoms with Crippen LogP contribution in [0, 0.1) is 11.7 Å². The first-order chi connectivity index (χ1) is 13.2. The Kier molecular flexibility index (Phi) is 9.07. The van der Waals surface area contributed by atoms with Crippen LogP contribution in [-0.4, -0.2) is 50.1 Å². The van der Waals surface area contributed by atoms with Gasteiger partial charge in [-0.15, -0.1) is 0 Å². The first kappa shape index (κ1) is 23.1. The molecule has 0 unspecified atom stereocenters. The molecule has 154 valence electrons. The van der Waals surface area contributed by atoms with Crippen molar-refractivity contribution in [2.45, 2.75) is 38.8 Å². The molecule has 0 saturated carbocycles. The molecule has 0 aliphatic rings. The molecule has 1 aromatic carbocycles. The smallest absolute Gasteiger partial charge is 0.328 e. The van der Waals surface area contributed by atoms with E-state index >= 15 is 0 Å². The zero-order chi connectivity index (χ0) is 21.3. The van der Waals surface area contributed by atoms with Crippen molar-refractivity contribution >= 4 is 23.8 Å². The fraction of sp³-hybridized carbons (Fsp3) is 0.474. The monoisotopic (exact) mass is 396 g/mol. The lowest BCUT2D eigenvalue weighted by Crippen LogP contribution is -2.53. The number of hydrogen-bond acceptors (Lipinski definition) is 6. The summed E-state index contributed by atoms with van der Waals surface area (Å²) < 4.78 is 23.2. The minimum atomic E-state index is -1.14. The van der Waals surface area contributed by atoms with Crippen LogP contribution in [0.3, 0.4) is 0 Å². The Bertz CT molecular complexity index is 724. The Labute approximate surface area is 162 Å². The number of esters is 2. The molecule has 0 radical (unpaired) electrons. The predicted molar refractivity (Wildman–Crippen MR) is 97.5 cm³/mol. The number of benzene rings is 1. The van der Waals surface area contributed by atoms with E-state index in [4.69, 9.17) is 0 Å². The van der Waals surface area contributed by atoms with Crippen molar-refractivity contribution in [3.63, 3.8) is 0 Å². The van der Waals surface area contributed by atoms with Gasteiger partial charge in [0.2, 0.25) is 11.8 Å². The Morgan fingerprint density at radius 3 is 2.14 bits per heavy atom. The third-order valence-electron chi connectivity index (χ3n) is 4.07. The van der Waals surface area contributed by atoms with Crippen molar-refractivity contribution in [1.29, 1.82) is 0 Å². The quantitative estimate of drug-likeness (QED) is 0.596. The molecule has 1 rings (SSSR count). The highest BCUT2D eigenvalue weighted by atomic mass is 19.1. The van der Waals surface area contributed by atoms with Crippen LogP contribution in [0.4, 0.5) is 4.39 Å². The van der Waals surface area contributed by atoms with Crippen molar-refractivity contribution in [2.75, 3.05) is 14.2 Å². The van der Waals surface area contributed by atoms with E-state index in [1.165, 1.54) is 32.2 Å². The number of nitrogens with one attached hydrogen (secondary N) is 2. The lowest BCUT2D eigenvalue weighted by molar-refractivity contribution is -0.149. The fourth-order valence-corrected chi connectivity index (χ4v) is 2.62. The summed E-state index contributed by atoms with van der Waals surface area (Å²) in [5.74, 6) is -3.70. The second-order valence-electron chi connectivity index (χ2n) is 6.29. The highest BCUT2D eigenvalue weighted by molar-refractivity contribution is 5.90. The number of amides is 2. The molecule has 2 N–H and O–H groups in total. The second kappa shape index (κ2) is 11.0. The molecule has 0 saturated heterocycles. The van der Waals surface area contributed by atoms with E-state index in [0.717, 1.165) is 7.11 Å². The third-order valence-corrected chi connectivity index (χ3v) is 4.07. The van der Waals surface area contributed by atoms with Crippen LogP contribution in [0.25, 0.3) is 0 Å². The van der Waals surface area contributed by atoms with Crippen LogP contribution in [0.5, 0.6) is 0 Å². The summed E-state index contributed by atoms with van der Waals surface area (Å²) in [6.45, 7) is 2.76. The van der Waals surface area contributed by atoms with E-state index < -0.39 is 47.6 Å². The molecule has 0 spiro atoms. The van der Waals surface area contributed by atoms with E-state index in [-0.39, 0.29) is 18.4 Å². The van der Waals surface area contributed by atoms with Crippen LogP contribution in [0.1, 0.15) is 25.8 Å². The van der Waals surface area contributed by atoms with Crippen molar-refractivity contribution in [3.05, 3.63) is 35.6 Å². The minimum absolute atomic E-state index is 0.0580. The van der Waals surface area contributed by atoms with E-state index in [9.17, 15) is 23.6 Å². The van der Waals surface area contributed by atoms with Crippen LogP contribution in [0.2, 0.25) is 0 Å². The first-order valence-corrected chi connectivity index (χ1v) is 8.66. The summed E-state index contributed by atoms with van der Waals surface area (Å²) in [5.41, 5.74) is 0.231. The minimum Gasteiger partial charge on any atom is -0.469 e. The Balaban J connectivity index is 2.97. The number of carbonyl (C=O) groups is 4. The van der Waals surface area contributed by atoms with Gasteiger partial charge in [0.05, 0.1) is 20.1 Å². The average molecular weight is 396 g/mol. The third kappa shape index (κ3) is 6.98. The fourth-order valence-electron chi connectivity index (χ4n) is 2.62. The summed E-state index contributed by atoms with van der Waals surface area (Å²) in [5, 5.41) is 4.91. The number of carbonyl (C=O) groups excluding carboxylic acids is 4. The lowest BCUT2D eigenvalue weighted by Gasteiger charge is -2.23. The number of rotatable bonds is 9. The van der Waals surface area contributed by atoms with Gasteiger partial charge < -0.3 is 20.1 Å². The number of halogens is 1. The van der Waals surface area contributed by atoms with Crippen LogP contribution < -0.4 is 10.6 Å². The molecule has 1 aromatic rings. The zero-order valence-electron chi connectivity index (χ0n) is 16.3. The second-order valence-corrected chi connectivity index (χ2v) is 6.29. The first-order valence-electron chi connectivity index (χ1n) is 8.66. The summed E-state index contributed by atoms with van der Waals surface area (Å²) >= 11 is 0. The number of hydrogen-bond donors (Lipinski definition) is 2. The highest BCUT2D eigenvalue weighted by Gasteiger charge is 2.30. The van der Waals surface area contributed by atoms with E-state index in [1.807, 2.05) is 0 Å². The van der Waals surface area contributed by atoms with Crippen molar-refractivity contribution in [2.24, 2.45) is 5.92 Å². The van der Waals surface area contributed by atoms with Crippen molar-refractivity contribution in [3.8, 4) is 0 Å². The SMILES string of the molecule is COC(=O)[C@H](C)C[C@H](NC(=O)[C@@H](Cc1ccccc1F)NC(C)=O)C(=O)OC. The molecular formula is C19H25FN2O6. The summed E-state index contributed by atoms with van der Waals surface area (Å²) in [6.07, 6.45) is -0.171. The van der Waals surface area contributed by atoms with Crippen LogP contribution >= 0.6 is 0 Å². The average Bonchev–Trinajstić information content (AvgIpc) is 2.66. The maximum Gasteiger partial charge on any atom is 0.328 e. The van der Waals surface area contributed by atoms with Crippen LogP contribution in [-0.2, 0) is 35.1 Å². The predicted octanol–water partition coefficient (Wildman–Crippen LogP) is 0.730. The molecule has 0 aliphatic carbocycles.